The van der Waals surface area contributed by atoms with Gasteiger partial charge in [-0.05, 0) is 43.7 Å². The molecule has 0 aliphatic carbocycles. The number of hydrogen-bond acceptors (Lipinski definition) is 2. The van der Waals surface area contributed by atoms with Crippen molar-refractivity contribution in [1.82, 2.24) is 5.32 Å². The Morgan fingerprint density at radius 2 is 1.92 bits per heavy atom. The number of aryl methyl sites for hydroxylation is 2. The fraction of sp³-hybridized carbons (Fsp3) is 0.455. The molecule has 0 radical (unpaired) electrons. The van der Waals surface area contributed by atoms with E-state index in [0.29, 0.717) is 0 Å². The van der Waals surface area contributed by atoms with Crippen LogP contribution in [0.15, 0.2) is 12.1 Å². The molecule has 0 aliphatic rings. The molecule has 72 valence electrons. The molecule has 0 saturated carbocycles. The minimum absolute atomic E-state index is 0.913. The topological polar surface area (TPSA) is 21.3 Å². The molecule has 0 unspecified atom stereocenters. The summed E-state index contributed by atoms with van der Waals surface area (Å²) in [6, 6.07) is 4.26. The summed E-state index contributed by atoms with van der Waals surface area (Å²) in [5, 5.41) is 3.15. The van der Waals surface area contributed by atoms with E-state index in [1.165, 1.54) is 16.7 Å². The van der Waals surface area contributed by atoms with Crippen molar-refractivity contribution in [3.8, 4) is 5.75 Å². The van der Waals surface area contributed by atoms with Gasteiger partial charge in [0.1, 0.15) is 5.75 Å². The van der Waals surface area contributed by atoms with E-state index in [1.807, 2.05) is 7.05 Å². The maximum atomic E-state index is 5.24. The number of rotatable bonds is 3. The lowest BCUT2D eigenvalue weighted by Crippen LogP contribution is -2.07. The third kappa shape index (κ3) is 2.22. The highest BCUT2D eigenvalue weighted by molar-refractivity contribution is 5.41. The van der Waals surface area contributed by atoms with Crippen LogP contribution >= 0.6 is 0 Å². The van der Waals surface area contributed by atoms with Gasteiger partial charge >= 0.3 is 0 Å². The number of benzene rings is 1. The van der Waals surface area contributed by atoms with Crippen molar-refractivity contribution in [2.75, 3.05) is 14.2 Å². The molecular weight excluding hydrogens is 162 g/mol. The molecule has 0 aromatic heterocycles. The SMILES string of the molecule is CNCc1cc(C)c(OC)cc1C. The second kappa shape index (κ2) is 4.28. The van der Waals surface area contributed by atoms with E-state index >= 15 is 0 Å². The molecule has 1 N–H and O–H groups in total. The molecule has 0 amide bonds. The Morgan fingerprint density at radius 3 is 2.46 bits per heavy atom. The highest BCUT2D eigenvalue weighted by atomic mass is 16.5. The summed E-state index contributed by atoms with van der Waals surface area (Å²) in [4.78, 5) is 0. The van der Waals surface area contributed by atoms with Gasteiger partial charge in [0.05, 0.1) is 7.11 Å². The van der Waals surface area contributed by atoms with E-state index in [0.717, 1.165) is 12.3 Å². The quantitative estimate of drug-likeness (QED) is 0.766. The third-order valence-electron chi connectivity index (χ3n) is 2.22. The van der Waals surface area contributed by atoms with Crippen LogP contribution in [0, 0.1) is 13.8 Å². The molecule has 0 bridgehead atoms. The average molecular weight is 179 g/mol. The van der Waals surface area contributed by atoms with E-state index in [2.05, 4.69) is 31.3 Å². The molecule has 2 heteroatoms. The summed E-state index contributed by atoms with van der Waals surface area (Å²) in [5.41, 5.74) is 3.80. The van der Waals surface area contributed by atoms with E-state index in [9.17, 15) is 0 Å². The molecule has 0 heterocycles. The summed E-state index contributed by atoms with van der Waals surface area (Å²) in [5.74, 6) is 0.970. The van der Waals surface area contributed by atoms with Crippen LogP contribution < -0.4 is 10.1 Å². The van der Waals surface area contributed by atoms with Gasteiger partial charge in [0.2, 0.25) is 0 Å². The Labute approximate surface area is 79.9 Å². The van der Waals surface area contributed by atoms with Gasteiger partial charge in [-0.25, -0.2) is 0 Å². The molecule has 0 saturated heterocycles. The van der Waals surface area contributed by atoms with Gasteiger partial charge in [0, 0.05) is 6.54 Å². The Bertz CT molecular complexity index is 294. The zero-order valence-electron chi connectivity index (χ0n) is 8.77. The van der Waals surface area contributed by atoms with Crippen molar-refractivity contribution in [2.24, 2.45) is 0 Å². The van der Waals surface area contributed by atoms with Gasteiger partial charge in [-0.15, -0.1) is 0 Å². The first-order chi connectivity index (χ1) is 6.19. The second-order valence-corrected chi connectivity index (χ2v) is 3.28. The third-order valence-corrected chi connectivity index (χ3v) is 2.22. The van der Waals surface area contributed by atoms with Crippen molar-refractivity contribution in [3.05, 3.63) is 28.8 Å². The first kappa shape index (κ1) is 10.1. The molecule has 13 heavy (non-hydrogen) atoms. The zero-order chi connectivity index (χ0) is 9.84. The summed E-state index contributed by atoms with van der Waals surface area (Å²) < 4.78 is 5.24. The predicted octanol–water partition coefficient (Wildman–Crippen LogP) is 2.03. The van der Waals surface area contributed by atoms with E-state index in [-0.39, 0.29) is 0 Å². The first-order valence-electron chi connectivity index (χ1n) is 4.47. The normalized spacial score (nSPS) is 10.2. The van der Waals surface area contributed by atoms with Crippen LogP contribution in [0.25, 0.3) is 0 Å². The maximum Gasteiger partial charge on any atom is 0.122 e. The van der Waals surface area contributed by atoms with Gasteiger partial charge in [0.15, 0.2) is 0 Å². The minimum Gasteiger partial charge on any atom is -0.496 e. The van der Waals surface area contributed by atoms with Crippen LogP contribution in [0.1, 0.15) is 16.7 Å². The van der Waals surface area contributed by atoms with E-state index in [1.54, 1.807) is 7.11 Å². The monoisotopic (exact) mass is 179 g/mol. The van der Waals surface area contributed by atoms with Gasteiger partial charge < -0.3 is 10.1 Å². The standard InChI is InChI=1S/C11H17NO/c1-8-6-11(13-4)9(2)5-10(8)7-12-3/h5-6,12H,7H2,1-4H3. The number of ether oxygens (including phenoxy) is 1. The molecule has 0 fully saturated rings. The predicted molar refractivity (Wildman–Crippen MR) is 55.2 cm³/mol. The smallest absolute Gasteiger partial charge is 0.122 e. The van der Waals surface area contributed by atoms with Crippen molar-refractivity contribution < 1.29 is 4.74 Å². The van der Waals surface area contributed by atoms with Crippen LogP contribution in [-0.4, -0.2) is 14.2 Å². The summed E-state index contributed by atoms with van der Waals surface area (Å²) in [6.45, 7) is 5.09. The lowest BCUT2D eigenvalue weighted by molar-refractivity contribution is 0.411. The van der Waals surface area contributed by atoms with Crippen LogP contribution in [0.4, 0.5) is 0 Å². The van der Waals surface area contributed by atoms with E-state index in [4.69, 9.17) is 4.74 Å². The Morgan fingerprint density at radius 1 is 1.23 bits per heavy atom. The van der Waals surface area contributed by atoms with Crippen molar-refractivity contribution in [1.29, 1.82) is 0 Å². The van der Waals surface area contributed by atoms with Gasteiger partial charge in [0.25, 0.3) is 0 Å². The number of methoxy groups -OCH3 is 1. The highest BCUT2D eigenvalue weighted by Crippen LogP contribution is 2.22. The molecule has 0 spiro atoms. The summed E-state index contributed by atoms with van der Waals surface area (Å²) in [6.07, 6.45) is 0. The molecule has 0 aliphatic heterocycles. The average Bonchev–Trinajstić information content (AvgIpc) is 2.11. The van der Waals surface area contributed by atoms with Gasteiger partial charge in [-0.3, -0.25) is 0 Å². The molecule has 0 atom stereocenters. The fourth-order valence-corrected chi connectivity index (χ4v) is 1.45. The van der Waals surface area contributed by atoms with Crippen LogP contribution in [0.3, 0.4) is 0 Å². The highest BCUT2D eigenvalue weighted by Gasteiger charge is 2.03. The second-order valence-electron chi connectivity index (χ2n) is 3.28. The maximum absolute atomic E-state index is 5.24. The lowest BCUT2D eigenvalue weighted by atomic mass is 10.0. The van der Waals surface area contributed by atoms with E-state index < -0.39 is 0 Å². The zero-order valence-corrected chi connectivity index (χ0v) is 8.77. The number of hydrogen-bond donors (Lipinski definition) is 1. The molecule has 1 rings (SSSR count). The van der Waals surface area contributed by atoms with Crippen molar-refractivity contribution in [2.45, 2.75) is 20.4 Å². The molecular formula is C11H17NO. The van der Waals surface area contributed by atoms with Crippen molar-refractivity contribution in [3.63, 3.8) is 0 Å². The molecule has 2 nitrogen and oxygen atoms in total. The summed E-state index contributed by atoms with van der Waals surface area (Å²) >= 11 is 0. The molecule has 1 aromatic carbocycles. The Hall–Kier alpha value is -1.02. The minimum atomic E-state index is 0.913. The summed E-state index contributed by atoms with van der Waals surface area (Å²) in [7, 11) is 3.67. The Balaban J connectivity index is 3.05. The van der Waals surface area contributed by atoms with Crippen LogP contribution in [0.5, 0.6) is 5.75 Å². The van der Waals surface area contributed by atoms with Crippen molar-refractivity contribution >= 4 is 0 Å². The first-order valence-corrected chi connectivity index (χ1v) is 4.47. The van der Waals surface area contributed by atoms with Crippen LogP contribution in [-0.2, 0) is 6.54 Å². The fourth-order valence-electron chi connectivity index (χ4n) is 1.45. The van der Waals surface area contributed by atoms with Gasteiger partial charge in [-0.1, -0.05) is 6.07 Å². The lowest BCUT2D eigenvalue weighted by Gasteiger charge is -2.10. The van der Waals surface area contributed by atoms with Crippen LogP contribution in [0.2, 0.25) is 0 Å². The molecule has 1 aromatic rings. The number of nitrogens with one attached hydrogen (secondary N) is 1. The van der Waals surface area contributed by atoms with Gasteiger partial charge in [-0.2, -0.15) is 0 Å². The largest absolute Gasteiger partial charge is 0.496 e. The Kier molecular flexibility index (Phi) is 3.32.